The van der Waals surface area contributed by atoms with Gasteiger partial charge < -0.3 is 10.1 Å². The molecule has 0 saturated carbocycles. The summed E-state index contributed by atoms with van der Waals surface area (Å²) in [6.07, 6.45) is -0.379. The third-order valence-corrected chi connectivity index (χ3v) is 5.59. The number of nitrogens with zero attached hydrogens (tertiary/aromatic N) is 1. The third-order valence-electron chi connectivity index (χ3n) is 4.01. The van der Waals surface area contributed by atoms with Crippen molar-refractivity contribution in [1.82, 2.24) is 5.32 Å². The van der Waals surface area contributed by atoms with E-state index >= 15 is 0 Å². The van der Waals surface area contributed by atoms with Gasteiger partial charge in [0.25, 0.3) is 0 Å². The highest BCUT2D eigenvalue weighted by Crippen LogP contribution is 2.28. The molecular weight excluding hydrogens is 320 g/mol. The molecule has 0 aromatic heterocycles. The number of carbonyl (C=O) groups is 2. The van der Waals surface area contributed by atoms with Crippen LogP contribution in [0.4, 0.5) is 10.5 Å². The predicted molar refractivity (Wildman–Crippen MR) is 83.9 cm³/mol. The molecule has 1 atom stereocenters. The SMILES string of the molecule is CC(=O)NC[C@H]1CN(c2ccc3c(c2)CCS(=O)(=O)C3)C(=O)O1. The van der Waals surface area contributed by atoms with Gasteiger partial charge in [0.1, 0.15) is 6.10 Å². The summed E-state index contributed by atoms with van der Waals surface area (Å²) >= 11 is 0. The lowest BCUT2D eigenvalue weighted by atomic mass is 10.0. The average molecular weight is 338 g/mol. The Hall–Kier alpha value is -2.09. The van der Waals surface area contributed by atoms with Crippen molar-refractivity contribution < 1.29 is 22.7 Å². The fourth-order valence-electron chi connectivity index (χ4n) is 2.82. The third kappa shape index (κ3) is 3.47. The van der Waals surface area contributed by atoms with Gasteiger partial charge in [-0.25, -0.2) is 13.2 Å². The molecule has 1 N–H and O–H groups in total. The fourth-order valence-corrected chi connectivity index (χ4v) is 4.26. The van der Waals surface area contributed by atoms with Gasteiger partial charge in [0.2, 0.25) is 5.91 Å². The predicted octanol–water partition coefficient (Wildman–Crippen LogP) is 0.619. The number of fused-ring (bicyclic) bond motifs is 1. The van der Waals surface area contributed by atoms with Crippen LogP contribution in [0.5, 0.6) is 0 Å². The van der Waals surface area contributed by atoms with E-state index in [0.717, 1.165) is 11.1 Å². The van der Waals surface area contributed by atoms with Gasteiger partial charge in [-0.2, -0.15) is 0 Å². The number of rotatable bonds is 3. The topological polar surface area (TPSA) is 92.8 Å². The Balaban J connectivity index is 1.75. The Kier molecular flexibility index (Phi) is 4.01. The molecule has 3 rings (SSSR count). The van der Waals surface area contributed by atoms with E-state index in [4.69, 9.17) is 4.74 Å². The highest BCUT2D eigenvalue weighted by atomic mass is 32.2. The number of ether oxygens (including phenoxy) is 1. The summed E-state index contributed by atoms with van der Waals surface area (Å²) in [5, 5.41) is 2.63. The van der Waals surface area contributed by atoms with E-state index < -0.39 is 15.9 Å². The van der Waals surface area contributed by atoms with E-state index in [-0.39, 0.29) is 30.1 Å². The second-order valence-electron chi connectivity index (χ2n) is 5.85. The number of nitrogens with one attached hydrogen (secondary N) is 1. The van der Waals surface area contributed by atoms with E-state index in [1.165, 1.54) is 11.8 Å². The van der Waals surface area contributed by atoms with Crippen molar-refractivity contribution in [2.75, 3.05) is 23.7 Å². The molecule has 23 heavy (non-hydrogen) atoms. The van der Waals surface area contributed by atoms with Gasteiger partial charge in [-0.1, -0.05) is 6.07 Å². The van der Waals surface area contributed by atoms with Gasteiger partial charge in [0.05, 0.1) is 24.6 Å². The Morgan fingerprint density at radius 3 is 2.91 bits per heavy atom. The van der Waals surface area contributed by atoms with Gasteiger partial charge in [-0.05, 0) is 29.7 Å². The lowest BCUT2D eigenvalue weighted by Gasteiger charge is -2.20. The van der Waals surface area contributed by atoms with E-state index in [1.807, 2.05) is 6.07 Å². The average Bonchev–Trinajstić information content (AvgIpc) is 2.85. The zero-order valence-corrected chi connectivity index (χ0v) is 13.6. The number of cyclic esters (lactones) is 1. The molecule has 1 aromatic rings. The van der Waals surface area contributed by atoms with Crippen LogP contribution < -0.4 is 10.2 Å². The molecule has 2 aliphatic heterocycles. The first kappa shape index (κ1) is 15.8. The maximum atomic E-state index is 12.0. The number of carbonyl (C=O) groups excluding carboxylic acids is 2. The monoisotopic (exact) mass is 338 g/mol. The molecule has 8 heteroatoms. The molecular formula is C15H18N2O5S. The number of hydrogen-bond acceptors (Lipinski definition) is 5. The highest BCUT2D eigenvalue weighted by Gasteiger charge is 2.33. The minimum Gasteiger partial charge on any atom is -0.442 e. The zero-order valence-electron chi connectivity index (χ0n) is 12.7. The van der Waals surface area contributed by atoms with Crippen LogP contribution in [-0.4, -0.2) is 45.4 Å². The summed E-state index contributed by atoms with van der Waals surface area (Å²) in [6.45, 7) is 2.04. The number of anilines is 1. The second kappa shape index (κ2) is 5.84. The molecule has 1 saturated heterocycles. The van der Waals surface area contributed by atoms with Crippen molar-refractivity contribution in [3.63, 3.8) is 0 Å². The van der Waals surface area contributed by atoms with Crippen LogP contribution in [0, 0.1) is 0 Å². The van der Waals surface area contributed by atoms with Crippen molar-refractivity contribution >= 4 is 27.5 Å². The number of aryl methyl sites for hydroxylation is 1. The molecule has 2 aliphatic rings. The molecule has 2 amide bonds. The summed E-state index contributed by atoms with van der Waals surface area (Å²) < 4.78 is 28.5. The molecule has 2 heterocycles. The molecule has 1 fully saturated rings. The zero-order chi connectivity index (χ0) is 16.6. The fraction of sp³-hybridized carbons (Fsp3) is 0.467. The van der Waals surface area contributed by atoms with Crippen LogP contribution in [0.2, 0.25) is 0 Å². The second-order valence-corrected chi connectivity index (χ2v) is 8.03. The van der Waals surface area contributed by atoms with Crippen LogP contribution in [0.15, 0.2) is 18.2 Å². The summed E-state index contributed by atoms with van der Waals surface area (Å²) in [5.74, 6) is 0.0200. The van der Waals surface area contributed by atoms with Crippen LogP contribution in [-0.2, 0) is 31.5 Å². The maximum Gasteiger partial charge on any atom is 0.414 e. The Morgan fingerprint density at radius 1 is 1.39 bits per heavy atom. The Bertz CT molecular complexity index is 759. The quantitative estimate of drug-likeness (QED) is 0.872. The summed E-state index contributed by atoms with van der Waals surface area (Å²) in [6, 6.07) is 5.35. The van der Waals surface area contributed by atoms with E-state index in [9.17, 15) is 18.0 Å². The van der Waals surface area contributed by atoms with Gasteiger partial charge in [-0.3, -0.25) is 9.69 Å². The van der Waals surface area contributed by atoms with Crippen LogP contribution in [0.3, 0.4) is 0 Å². The van der Waals surface area contributed by atoms with E-state index in [2.05, 4.69) is 5.32 Å². The first-order chi connectivity index (χ1) is 10.8. The standard InChI is InChI=1S/C15H18N2O5S/c1-10(18)16-7-14-8-17(15(19)22-14)13-3-2-12-9-23(20,21)5-4-11(12)6-13/h2-3,6,14H,4-5,7-9H2,1H3,(H,16,18)/t14-/m0/s1. The molecule has 0 radical (unpaired) electrons. The van der Waals surface area contributed by atoms with E-state index in [1.54, 1.807) is 12.1 Å². The molecule has 0 unspecified atom stereocenters. The van der Waals surface area contributed by atoms with Crippen LogP contribution in [0.1, 0.15) is 18.1 Å². The normalized spacial score (nSPS) is 22.4. The molecule has 124 valence electrons. The largest absolute Gasteiger partial charge is 0.442 e. The van der Waals surface area contributed by atoms with Crippen molar-refractivity contribution in [1.29, 1.82) is 0 Å². The minimum absolute atomic E-state index is 0.0538. The summed E-state index contributed by atoms with van der Waals surface area (Å²) in [7, 11) is -3.01. The Labute approximate surface area is 134 Å². The number of hydrogen-bond donors (Lipinski definition) is 1. The molecule has 0 spiro atoms. The Morgan fingerprint density at radius 2 is 2.17 bits per heavy atom. The first-order valence-corrected chi connectivity index (χ1v) is 9.21. The smallest absolute Gasteiger partial charge is 0.414 e. The minimum atomic E-state index is -3.01. The van der Waals surface area contributed by atoms with Gasteiger partial charge in [0.15, 0.2) is 9.84 Å². The number of benzene rings is 1. The van der Waals surface area contributed by atoms with Gasteiger partial charge in [-0.15, -0.1) is 0 Å². The lowest BCUT2D eigenvalue weighted by molar-refractivity contribution is -0.119. The highest BCUT2D eigenvalue weighted by molar-refractivity contribution is 7.90. The van der Waals surface area contributed by atoms with Crippen molar-refractivity contribution in [3.05, 3.63) is 29.3 Å². The van der Waals surface area contributed by atoms with Crippen molar-refractivity contribution in [2.45, 2.75) is 25.2 Å². The number of amides is 2. The first-order valence-electron chi connectivity index (χ1n) is 7.39. The van der Waals surface area contributed by atoms with Crippen molar-refractivity contribution in [2.24, 2.45) is 0 Å². The molecule has 0 aliphatic carbocycles. The van der Waals surface area contributed by atoms with Gasteiger partial charge >= 0.3 is 6.09 Å². The molecule has 7 nitrogen and oxygen atoms in total. The van der Waals surface area contributed by atoms with Crippen molar-refractivity contribution in [3.8, 4) is 0 Å². The van der Waals surface area contributed by atoms with Gasteiger partial charge in [0, 0.05) is 12.6 Å². The van der Waals surface area contributed by atoms with E-state index in [0.29, 0.717) is 18.7 Å². The number of sulfone groups is 1. The molecule has 1 aromatic carbocycles. The molecule has 0 bridgehead atoms. The summed E-state index contributed by atoms with van der Waals surface area (Å²) in [4.78, 5) is 24.4. The van der Waals surface area contributed by atoms with Crippen LogP contribution >= 0.6 is 0 Å². The summed E-state index contributed by atoms with van der Waals surface area (Å²) in [5.41, 5.74) is 2.44. The maximum absolute atomic E-state index is 12.0. The van der Waals surface area contributed by atoms with Crippen LogP contribution in [0.25, 0.3) is 0 Å². The lowest BCUT2D eigenvalue weighted by Crippen LogP contribution is -2.33.